The lowest BCUT2D eigenvalue weighted by molar-refractivity contribution is 0.156. The summed E-state index contributed by atoms with van der Waals surface area (Å²) in [6.45, 7) is 2.22. The molecule has 1 N–H and O–H groups in total. The van der Waals surface area contributed by atoms with Gasteiger partial charge >= 0.3 is 0 Å². The molecule has 0 spiro atoms. The number of halogens is 2. The number of hydrogen-bond donors (Lipinski definition) is 1. The zero-order chi connectivity index (χ0) is 14.6. The Kier molecular flexibility index (Phi) is 3.11. The maximum absolute atomic E-state index is 13.9. The Bertz CT molecular complexity index is 751. The van der Waals surface area contributed by atoms with Crippen molar-refractivity contribution in [2.75, 3.05) is 13.1 Å². The second kappa shape index (κ2) is 4.88. The van der Waals surface area contributed by atoms with Gasteiger partial charge in [0.15, 0.2) is 10.6 Å². The number of fused-ring (bicyclic) bond motifs is 2. The predicted octanol–water partition coefficient (Wildman–Crippen LogP) is 3.78. The van der Waals surface area contributed by atoms with E-state index in [1.54, 1.807) is 0 Å². The van der Waals surface area contributed by atoms with Crippen molar-refractivity contribution in [2.24, 2.45) is 0 Å². The van der Waals surface area contributed by atoms with E-state index in [-0.39, 0.29) is 6.04 Å². The van der Waals surface area contributed by atoms with E-state index in [4.69, 9.17) is 12.2 Å². The predicted molar refractivity (Wildman–Crippen MR) is 79.9 cm³/mol. The van der Waals surface area contributed by atoms with Gasteiger partial charge in [-0.05, 0) is 50.5 Å². The van der Waals surface area contributed by atoms with Gasteiger partial charge in [0.05, 0.1) is 5.52 Å². The lowest BCUT2D eigenvalue weighted by Crippen LogP contribution is -2.38. The summed E-state index contributed by atoms with van der Waals surface area (Å²) in [4.78, 5) is 5.43. The molecule has 2 aliphatic rings. The van der Waals surface area contributed by atoms with Crippen LogP contribution in [0, 0.1) is 16.4 Å². The van der Waals surface area contributed by atoms with E-state index in [1.165, 1.54) is 25.5 Å². The highest BCUT2D eigenvalue weighted by atomic mass is 32.1. The molecule has 21 heavy (non-hydrogen) atoms. The van der Waals surface area contributed by atoms with Gasteiger partial charge in [-0.1, -0.05) is 0 Å². The smallest absolute Gasteiger partial charge is 0.178 e. The monoisotopic (exact) mass is 309 g/mol. The molecule has 2 saturated heterocycles. The third kappa shape index (κ3) is 2.12. The van der Waals surface area contributed by atoms with Crippen LogP contribution in [0.5, 0.6) is 0 Å². The van der Waals surface area contributed by atoms with E-state index < -0.39 is 11.6 Å². The number of piperidine rings is 1. The third-order valence-electron chi connectivity index (χ3n) is 4.90. The Labute approximate surface area is 126 Å². The minimum atomic E-state index is -0.576. The number of benzene rings is 1. The second-order valence-electron chi connectivity index (χ2n) is 6.09. The number of nitrogens with zero attached hydrogens (tertiary/aromatic N) is 2. The van der Waals surface area contributed by atoms with Crippen LogP contribution < -0.4 is 0 Å². The zero-order valence-electron chi connectivity index (χ0n) is 11.6. The molecule has 6 heteroatoms. The number of imidazole rings is 1. The number of rotatable bonds is 1. The molecule has 2 atom stereocenters. The summed E-state index contributed by atoms with van der Waals surface area (Å²) >= 11 is 5.36. The van der Waals surface area contributed by atoms with E-state index in [9.17, 15) is 8.78 Å². The van der Waals surface area contributed by atoms with Crippen molar-refractivity contribution in [1.82, 2.24) is 14.5 Å². The van der Waals surface area contributed by atoms with Crippen LogP contribution in [0.4, 0.5) is 8.78 Å². The zero-order valence-corrected chi connectivity index (χ0v) is 12.4. The second-order valence-corrected chi connectivity index (χ2v) is 6.48. The summed E-state index contributed by atoms with van der Waals surface area (Å²) in [6.07, 6.45) is 4.46. The van der Waals surface area contributed by atoms with Gasteiger partial charge in [-0.25, -0.2) is 8.78 Å². The summed E-state index contributed by atoms with van der Waals surface area (Å²) in [5, 5.41) is 0. The van der Waals surface area contributed by atoms with Crippen LogP contribution in [0.3, 0.4) is 0 Å². The first-order chi connectivity index (χ1) is 10.1. The van der Waals surface area contributed by atoms with Crippen LogP contribution in [0.1, 0.15) is 31.7 Å². The fraction of sp³-hybridized carbons (Fsp3) is 0.533. The van der Waals surface area contributed by atoms with Crippen LogP contribution >= 0.6 is 12.2 Å². The first-order valence-corrected chi connectivity index (χ1v) is 7.87. The van der Waals surface area contributed by atoms with Crippen LogP contribution in [0.2, 0.25) is 0 Å². The molecule has 2 unspecified atom stereocenters. The third-order valence-corrected chi connectivity index (χ3v) is 5.20. The normalized spacial score (nSPS) is 26.4. The van der Waals surface area contributed by atoms with Gasteiger partial charge in [0, 0.05) is 24.7 Å². The minimum absolute atomic E-state index is 0.229. The van der Waals surface area contributed by atoms with Crippen molar-refractivity contribution >= 4 is 23.3 Å². The standard InChI is InChI=1S/C15H17F2N3S/c16-9-6-12(17)14-13(7-9)20(15(21)18-14)11-3-5-19-4-1-2-10(19)8-11/h6-7,10-11H,1-5,8H2,(H,18,21). The maximum atomic E-state index is 13.9. The fourth-order valence-corrected chi connectivity index (χ4v) is 4.30. The molecule has 0 radical (unpaired) electrons. The first kappa shape index (κ1) is 13.4. The molecule has 0 amide bonds. The molecule has 4 rings (SSSR count). The number of hydrogen-bond acceptors (Lipinski definition) is 2. The van der Waals surface area contributed by atoms with E-state index in [0.29, 0.717) is 21.8 Å². The SMILES string of the molecule is Fc1cc(F)c2[nH]c(=S)n(C3CCN4CCCC4C3)c2c1. The Hall–Kier alpha value is -1.27. The van der Waals surface area contributed by atoms with Gasteiger partial charge in [0.1, 0.15) is 11.3 Å². The van der Waals surface area contributed by atoms with E-state index in [1.807, 2.05) is 4.57 Å². The van der Waals surface area contributed by atoms with Crippen molar-refractivity contribution in [1.29, 1.82) is 0 Å². The first-order valence-electron chi connectivity index (χ1n) is 7.47. The van der Waals surface area contributed by atoms with Gasteiger partial charge in [0.25, 0.3) is 0 Å². The van der Waals surface area contributed by atoms with Gasteiger partial charge in [-0.15, -0.1) is 0 Å². The molecule has 3 heterocycles. The summed E-state index contributed by atoms with van der Waals surface area (Å²) in [6, 6.07) is 3.10. The molecular formula is C15H17F2N3S. The van der Waals surface area contributed by atoms with E-state index in [0.717, 1.165) is 25.5 Å². The molecule has 1 aromatic heterocycles. The van der Waals surface area contributed by atoms with E-state index >= 15 is 0 Å². The molecular weight excluding hydrogens is 292 g/mol. The molecule has 0 saturated carbocycles. The highest BCUT2D eigenvalue weighted by Gasteiger charge is 2.33. The summed E-state index contributed by atoms with van der Waals surface area (Å²) < 4.78 is 29.9. The van der Waals surface area contributed by atoms with Gasteiger partial charge in [0.2, 0.25) is 0 Å². The van der Waals surface area contributed by atoms with Crippen molar-refractivity contribution in [3.8, 4) is 0 Å². The summed E-state index contributed by atoms with van der Waals surface area (Å²) in [5.41, 5.74) is 0.865. The van der Waals surface area contributed by atoms with Gasteiger partial charge in [-0.3, -0.25) is 0 Å². The van der Waals surface area contributed by atoms with Crippen molar-refractivity contribution < 1.29 is 8.78 Å². The average Bonchev–Trinajstić information content (AvgIpc) is 3.01. The van der Waals surface area contributed by atoms with Crippen LogP contribution in [-0.2, 0) is 0 Å². The Morgan fingerprint density at radius 3 is 2.86 bits per heavy atom. The number of aromatic nitrogens is 2. The minimum Gasteiger partial charge on any atom is -0.328 e. The molecule has 112 valence electrons. The highest BCUT2D eigenvalue weighted by molar-refractivity contribution is 7.71. The van der Waals surface area contributed by atoms with Crippen LogP contribution in [-0.4, -0.2) is 33.6 Å². The largest absolute Gasteiger partial charge is 0.328 e. The fourth-order valence-electron chi connectivity index (χ4n) is 3.95. The highest BCUT2D eigenvalue weighted by Crippen LogP contribution is 2.35. The molecule has 0 bridgehead atoms. The summed E-state index contributed by atoms with van der Waals surface area (Å²) in [5.74, 6) is -1.13. The summed E-state index contributed by atoms with van der Waals surface area (Å²) in [7, 11) is 0. The molecule has 2 fully saturated rings. The van der Waals surface area contributed by atoms with E-state index in [2.05, 4.69) is 9.88 Å². The van der Waals surface area contributed by atoms with Crippen molar-refractivity contribution in [2.45, 2.75) is 37.8 Å². The Balaban J connectivity index is 1.79. The molecule has 3 nitrogen and oxygen atoms in total. The van der Waals surface area contributed by atoms with Crippen LogP contribution in [0.25, 0.3) is 11.0 Å². The molecule has 2 aromatic rings. The Morgan fingerprint density at radius 1 is 1.14 bits per heavy atom. The number of aromatic amines is 1. The lowest BCUT2D eigenvalue weighted by atomic mass is 9.97. The topological polar surface area (TPSA) is 24.0 Å². The molecule has 0 aliphatic carbocycles. The molecule has 2 aliphatic heterocycles. The Morgan fingerprint density at radius 2 is 2.00 bits per heavy atom. The van der Waals surface area contributed by atoms with Gasteiger partial charge in [-0.2, -0.15) is 0 Å². The van der Waals surface area contributed by atoms with Crippen molar-refractivity contribution in [3.63, 3.8) is 0 Å². The molecule has 1 aromatic carbocycles. The number of nitrogens with one attached hydrogen (secondary N) is 1. The average molecular weight is 309 g/mol. The lowest BCUT2D eigenvalue weighted by Gasteiger charge is -2.35. The number of H-pyrrole nitrogens is 1. The van der Waals surface area contributed by atoms with Crippen molar-refractivity contribution in [3.05, 3.63) is 28.5 Å². The maximum Gasteiger partial charge on any atom is 0.178 e. The quantitative estimate of drug-likeness (QED) is 0.811. The van der Waals surface area contributed by atoms with Crippen LogP contribution in [0.15, 0.2) is 12.1 Å². The van der Waals surface area contributed by atoms with Gasteiger partial charge < -0.3 is 14.5 Å².